The summed E-state index contributed by atoms with van der Waals surface area (Å²) in [5.41, 5.74) is -0.00711. The number of oxime groups is 1. The van der Waals surface area contributed by atoms with Crippen LogP contribution >= 0.6 is 39.1 Å². The van der Waals surface area contributed by atoms with E-state index in [4.69, 9.17) is 28.0 Å². The lowest BCUT2D eigenvalue weighted by Gasteiger charge is -2.39. The maximum Gasteiger partial charge on any atom is 0.366 e. The van der Waals surface area contributed by atoms with Crippen LogP contribution in [0.25, 0.3) is 0 Å². The molecule has 2 bridgehead atoms. The molecule has 2 aliphatic carbocycles. The summed E-state index contributed by atoms with van der Waals surface area (Å²) in [5, 5.41) is 8.00. The first kappa shape index (κ1) is 23.3. The van der Waals surface area contributed by atoms with Crippen molar-refractivity contribution < 1.29 is 14.4 Å². The van der Waals surface area contributed by atoms with Crippen LogP contribution < -0.4 is 5.32 Å². The number of para-hydroxylation sites is 1. The van der Waals surface area contributed by atoms with Crippen LogP contribution in [0.3, 0.4) is 0 Å². The van der Waals surface area contributed by atoms with Crippen molar-refractivity contribution in [2.45, 2.75) is 40.0 Å². The molecular formula is C24H23BrCl2N2O3. The third-order valence-electron chi connectivity index (χ3n) is 7.70. The Kier molecular flexibility index (Phi) is 5.93. The SMILES string of the molecule is CC12CCC(C(=O)Nc3c(Cl)cccc3Cl)(C/C1=N\OC(=O)c1ccccc1Br)C2(C)C. The van der Waals surface area contributed by atoms with E-state index in [1.54, 1.807) is 36.4 Å². The molecule has 2 aliphatic rings. The first-order valence-corrected chi connectivity index (χ1v) is 11.9. The average molecular weight is 538 g/mol. The van der Waals surface area contributed by atoms with Gasteiger partial charge in [0, 0.05) is 16.3 Å². The number of rotatable bonds is 4. The van der Waals surface area contributed by atoms with Crippen LogP contribution in [0.4, 0.5) is 5.69 Å². The Morgan fingerprint density at radius 3 is 2.34 bits per heavy atom. The molecule has 2 aromatic rings. The first-order valence-electron chi connectivity index (χ1n) is 10.3. The van der Waals surface area contributed by atoms with Crippen LogP contribution in [0.15, 0.2) is 52.1 Å². The van der Waals surface area contributed by atoms with Gasteiger partial charge in [-0.25, -0.2) is 4.79 Å². The summed E-state index contributed by atoms with van der Waals surface area (Å²) in [4.78, 5) is 31.5. The van der Waals surface area contributed by atoms with Crippen molar-refractivity contribution in [3.63, 3.8) is 0 Å². The normalized spacial score (nSPS) is 26.9. The molecule has 8 heteroatoms. The van der Waals surface area contributed by atoms with E-state index in [0.29, 0.717) is 38.6 Å². The Morgan fingerprint density at radius 1 is 1.03 bits per heavy atom. The molecule has 2 unspecified atom stereocenters. The van der Waals surface area contributed by atoms with E-state index in [0.717, 1.165) is 12.1 Å². The molecule has 168 valence electrons. The van der Waals surface area contributed by atoms with Crippen molar-refractivity contribution in [2.75, 3.05) is 5.32 Å². The molecule has 0 aromatic heterocycles. The van der Waals surface area contributed by atoms with Crippen LogP contribution in [0.2, 0.25) is 10.0 Å². The average Bonchev–Trinajstić information content (AvgIpc) is 3.05. The number of fused-ring (bicyclic) bond motifs is 2. The van der Waals surface area contributed by atoms with Crippen LogP contribution in [0.1, 0.15) is 50.4 Å². The molecule has 0 radical (unpaired) electrons. The Hall–Kier alpha value is -1.89. The highest BCUT2D eigenvalue weighted by atomic mass is 79.9. The first-order chi connectivity index (χ1) is 15.0. The fourth-order valence-electron chi connectivity index (χ4n) is 5.15. The van der Waals surface area contributed by atoms with Gasteiger partial charge in [0.25, 0.3) is 0 Å². The maximum atomic E-state index is 13.6. The highest BCUT2D eigenvalue weighted by Gasteiger charge is 2.71. The summed E-state index contributed by atoms with van der Waals surface area (Å²) in [6, 6.07) is 12.1. The second-order valence-corrected chi connectivity index (χ2v) is 10.8. The predicted molar refractivity (Wildman–Crippen MR) is 130 cm³/mol. The van der Waals surface area contributed by atoms with Crippen LogP contribution in [-0.2, 0) is 9.63 Å². The molecule has 2 aromatic carbocycles. The molecule has 0 heterocycles. The molecule has 2 fully saturated rings. The minimum atomic E-state index is -0.719. The summed E-state index contributed by atoms with van der Waals surface area (Å²) >= 11 is 15.9. The second-order valence-electron chi connectivity index (χ2n) is 9.16. The van der Waals surface area contributed by atoms with Crippen molar-refractivity contribution in [1.82, 2.24) is 0 Å². The van der Waals surface area contributed by atoms with Crippen LogP contribution in [0, 0.1) is 16.2 Å². The van der Waals surface area contributed by atoms with Gasteiger partial charge in [-0.15, -0.1) is 0 Å². The zero-order chi connectivity index (χ0) is 23.3. The molecule has 1 amide bonds. The van der Waals surface area contributed by atoms with E-state index in [1.807, 2.05) is 6.07 Å². The second kappa shape index (κ2) is 8.15. The summed E-state index contributed by atoms with van der Waals surface area (Å²) < 4.78 is 0.636. The van der Waals surface area contributed by atoms with Gasteiger partial charge in [-0.1, -0.05) is 67.3 Å². The molecular weight excluding hydrogens is 515 g/mol. The van der Waals surface area contributed by atoms with Crippen LogP contribution in [0.5, 0.6) is 0 Å². The molecule has 0 saturated heterocycles. The highest BCUT2D eigenvalue weighted by Crippen LogP contribution is 2.71. The summed E-state index contributed by atoms with van der Waals surface area (Å²) in [6.45, 7) is 6.24. The van der Waals surface area contributed by atoms with E-state index in [-0.39, 0.29) is 11.3 Å². The lowest BCUT2D eigenvalue weighted by atomic mass is 9.64. The van der Waals surface area contributed by atoms with E-state index in [1.165, 1.54) is 0 Å². The molecule has 1 N–H and O–H groups in total. The molecule has 0 aliphatic heterocycles. The van der Waals surface area contributed by atoms with Gasteiger partial charge in [0.2, 0.25) is 5.91 Å². The zero-order valence-electron chi connectivity index (χ0n) is 18.0. The Morgan fingerprint density at radius 2 is 1.69 bits per heavy atom. The van der Waals surface area contributed by atoms with E-state index in [2.05, 4.69) is 47.2 Å². The van der Waals surface area contributed by atoms with Gasteiger partial charge in [0.05, 0.1) is 32.4 Å². The van der Waals surface area contributed by atoms with Gasteiger partial charge in [-0.3, -0.25) is 4.79 Å². The maximum absolute atomic E-state index is 13.6. The molecule has 2 atom stereocenters. The topological polar surface area (TPSA) is 67.8 Å². The highest BCUT2D eigenvalue weighted by molar-refractivity contribution is 9.10. The van der Waals surface area contributed by atoms with E-state index < -0.39 is 16.8 Å². The number of halogens is 3. The minimum absolute atomic E-state index is 0.149. The third kappa shape index (κ3) is 3.39. The van der Waals surface area contributed by atoms with Gasteiger partial charge in [0.1, 0.15) is 0 Å². The van der Waals surface area contributed by atoms with Crippen molar-refractivity contribution in [3.8, 4) is 0 Å². The van der Waals surface area contributed by atoms with E-state index >= 15 is 0 Å². The van der Waals surface area contributed by atoms with Gasteiger partial charge in [-0.2, -0.15) is 0 Å². The van der Waals surface area contributed by atoms with E-state index in [9.17, 15) is 9.59 Å². The minimum Gasteiger partial charge on any atom is -0.323 e. The van der Waals surface area contributed by atoms with Crippen molar-refractivity contribution in [3.05, 3.63) is 62.5 Å². The van der Waals surface area contributed by atoms with Crippen LogP contribution in [-0.4, -0.2) is 17.6 Å². The number of carbonyl (C=O) groups excluding carboxylic acids is 2. The number of amides is 1. The number of hydrogen-bond donors (Lipinski definition) is 1. The predicted octanol–water partition coefficient (Wildman–Crippen LogP) is 7.12. The molecule has 0 spiro atoms. The Balaban J connectivity index is 1.63. The molecule has 4 rings (SSSR count). The number of hydrogen-bond acceptors (Lipinski definition) is 4. The summed E-state index contributed by atoms with van der Waals surface area (Å²) in [5.74, 6) is -0.695. The number of nitrogens with zero attached hydrogens (tertiary/aromatic N) is 1. The van der Waals surface area contributed by atoms with Gasteiger partial charge >= 0.3 is 5.97 Å². The van der Waals surface area contributed by atoms with Crippen molar-refractivity contribution >= 4 is 62.4 Å². The summed E-state index contributed by atoms with van der Waals surface area (Å²) in [6.07, 6.45) is 1.85. The lowest BCUT2D eigenvalue weighted by Crippen LogP contribution is -2.43. The number of carbonyl (C=O) groups is 2. The monoisotopic (exact) mass is 536 g/mol. The zero-order valence-corrected chi connectivity index (χ0v) is 21.1. The fraction of sp³-hybridized carbons (Fsp3) is 0.375. The van der Waals surface area contributed by atoms with Gasteiger partial charge < -0.3 is 10.2 Å². The van der Waals surface area contributed by atoms with Crippen molar-refractivity contribution in [2.24, 2.45) is 21.4 Å². The third-order valence-corrected chi connectivity index (χ3v) is 9.02. The lowest BCUT2D eigenvalue weighted by molar-refractivity contribution is -0.130. The van der Waals surface area contributed by atoms with Gasteiger partial charge in [-0.05, 0) is 58.5 Å². The largest absolute Gasteiger partial charge is 0.366 e. The number of anilines is 1. The smallest absolute Gasteiger partial charge is 0.323 e. The summed E-state index contributed by atoms with van der Waals surface area (Å²) in [7, 11) is 0. The standard InChI is InChI=1S/C24H23BrCl2N2O3/c1-22(2)23(3)11-12-24(22,21(31)28-19-16(26)9-6-10-17(19)27)13-18(23)29-32-20(30)14-7-4-5-8-15(14)25/h4-10H,11-13H2,1-3H3,(H,28,31)/b29-18+. The quantitative estimate of drug-likeness (QED) is 0.333. The molecule has 2 saturated carbocycles. The fourth-order valence-corrected chi connectivity index (χ4v) is 6.08. The van der Waals surface area contributed by atoms with Crippen molar-refractivity contribution in [1.29, 1.82) is 0 Å². The Labute approximate surface area is 205 Å². The molecule has 5 nitrogen and oxygen atoms in total. The number of benzene rings is 2. The van der Waals surface area contributed by atoms with Gasteiger partial charge in [0.15, 0.2) is 0 Å². The number of nitrogens with one attached hydrogen (secondary N) is 1. The Bertz CT molecular complexity index is 1130. The molecule has 32 heavy (non-hydrogen) atoms.